The van der Waals surface area contributed by atoms with E-state index < -0.39 is 10.7 Å². The van der Waals surface area contributed by atoms with Gasteiger partial charge in [-0.15, -0.1) is 0 Å². The maximum Gasteiger partial charge on any atom is 0.274 e. The van der Waals surface area contributed by atoms with Gasteiger partial charge in [0.15, 0.2) is 5.82 Å². The highest BCUT2D eigenvalue weighted by molar-refractivity contribution is 5.40. The zero-order chi connectivity index (χ0) is 13.8. The molecule has 0 unspecified atom stereocenters. The van der Waals surface area contributed by atoms with Gasteiger partial charge >= 0.3 is 0 Å². The fraction of sp³-hybridized carbons (Fsp3) is 0.273. The molecular formula is C11H12FN5O2. The van der Waals surface area contributed by atoms with Crippen molar-refractivity contribution >= 4 is 5.69 Å². The molecule has 0 atom stereocenters. The van der Waals surface area contributed by atoms with E-state index in [9.17, 15) is 14.5 Å². The van der Waals surface area contributed by atoms with Crippen LogP contribution in [0.1, 0.15) is 11.4 Å². The summed E-state index contributed by atoms with van der Waals surface area (Å²) in [6, 6.07) is 3.38. The Hall–Kier alpha value is -2.35. The SMILES string of the molecule is Cn1cnc(CNCc2cc(F)ccc2[N+](=O)[O-])n1. The molecule has 0 aliphatic rings. The lowest BCUT2D eigenvalue weighted by Crippen LogP contribution is -2.15. The molecule has 0 saturated heterocycles. The van der Waals surface area contributed by atoms with Gasteiger partial charge in [0.2, 0.25) is 0 Å². The van der Waals surface area contributed by atoms with Crippen LogP contribution in [0, 0.1) is 15.9 Å². The molecule has 0 fully saturated rings. The first-order valence-electron chi connectivity index (χ1n) is 5.54. The maximum absolute atomic E-state index is 13.1. The average Bonchev–Trinajstić information content (AvgIpc) is 2.75. The van der Waals surface area contributed by atoms with E-state index in [0.717, 1.165) is 18.2 Å². The quantitative estimate of drug-likeness (QED) is 0.647. The second kappa shape index (κ2) is 5.53. The van der Waals surface area contributed by atoms with Gasteiger partial charge in [0.1, 0.15) is 12.1 Å². The largest absolute Gasteiger partial charge is 0.305 e. The number of hydrogen-bond donors (Lipinski definition) is 1. The molecule has 100 valence electrons. The van der Waals surface area contributed by atoms with Gasteiger partial charge in [-0.1, -0.05) is 0 Å². The number of benzene rings is 1. The molecule has 19 heavy (non-hydrogen) atoms. The molecule has 0 aliphatic heterocycles. The van der Waals surface area contributed by atoms with Crippen LogP contribution < -0.4 is 5.32 Å². The van der Waals surface area contributed by atoms with Gasteiger partial charge in [0.05, 0.1) is 11.5 Å². The fourth-order valence-electron chi connectivity index (χ4n) is 1.65. The van der Waals surface area contributed by atoms with Gasteiger partial charge in [0.25, 0.3) is 5.69 Å². The second-order valence-corrected chi connectivity index (χ2v) is 3.97. The summed E-state index contributed by atoms with van der Waals surface area (Å²) in [6.07, 6.45) is 1.56. The predicted molar refractivity (Wildman–Crippen MR) is 64.6 cm³/mol. The number of aryl methyl sites for hydroxylation is 1. The summed E-state index contributed by atoms with van der Waals surface area (Å²) in [4.78, 5) is 14.3. The minimum atomic E-state index is -0.532. The molecule has 0 saturated carbocycles. The Morgan fingerprint density at radius 2 is 2.26 bits per heavy atom. The number of rotatable bonds is 5. The fourth-order valence-corrected chi connectivity index (χ4v) is 1.65. The molecule has 0 amide bonds. The van der Waals surface area contributed by atoms with Crippen LogP contribution in [0.25, 0.3) is 0 Å². The summed E-state index contributed by atoms with van der Waals surface area (Å²) in [6.45, 7) is 0.529. The lowest BCUT2D eigenvalue weighted by Gasteiger charge is -2.04. The van der Waals surface area contributed by atoms with Crippen LogP contribution in [0.5, 0.6) is 0 Å². The molecule has 8 heteroatoms. The number of nitrogens with zero attached hydrogens (tertiary/aromatic N) is 4. The summed E-state index contributed by atoms with van der Waals surface area (Å²) in [7, 11) is 1.74. The van der Waals surface area contributed by atoms with Crippen molar-refractivity contribution in [3.05, 3.63) is 51.8 Å². The van der Waals surface area contributed by atoms with E-state index in [4.69, 9.17) is 0 Å². The van der Waals surface area contributed by atoms with E-state index in [-0.39, 0.29) is 12.2 Å². The van der Waals surface area contributed by atoms with Crippen LogP contribution in [0.2, 0.25) is 0 Å². The third-order valence-corrected chi connectivity index (χ3v) is 2.48. The van der Waals surface area contributed by atoms with Crippen molar-refractivity contribution in [1.29, 1.82) is 0 Å². The van der Waals surface area contributed by atoms with Crippen LogP contribution in [0.4, 0.5) is 10.1 Å². The van der Waals surface area contributed by atoms with Gasteiger partial charge in [-0.25, -0.2) is 9.37 Å². The third kappa shape index (κ3) is 3.32. The zero-order valence-corrected chi connectivity index (χ0v) is 10.2. The molecule has 1 N–H and O–H groups in total. The lowest BCUT2D eigenvalue weighted by molar-refractivity contribution is -0.385. The summed E-state index contributed by atoms with van der Waals surface area (Å²) in [5.41, 5.74) is 0.184. The minimum Gasteiger partial charge on any atom is -0.305 e. The third-order valence-electron chi connectivity index (χ3n) is 2.48. The summed E-state index contributed by atoms with van der Waals surface area (Å²) in [5, 5.41) is 17.8. The molecule has 1 aromatic heterocycles. The van der Waals surface area contributed by atoms with Gasteiger partial charge in [-0.3, -0.25) is 14.8 Å². The van der Waals surface area contributed by atoms with E-state index in [2.05, 4.69) is 15.4 Å². The van der Waals surface area contributed by atoms with Gasteiger partial charge < -0.3 is 5.32 Å². The monoisotopic (exact) mass is 265 g/mol. The number of aromatic nitrogens is 3. The molecule has 0 bridgehead atoms. The normalized spacial score (nSPS) is 10.6. The first-order valence-corrected chi connectivity index (χ1v) is 5.54. The molecule has 1 heterocycles. The number of nitrogens with one attached hydrogen (secondary N) is 1. The predicted octanol–water partition coefficient (Wildman–Crippen LogP) is 1.15. The molecule has 2 aromatic rings. The van der Waals surface area contributed by atoms with Crippen LogP contribution >= 0.6 is 0 Å². The van der Waals surface area contributed by atoms with Gasteiger partial charge in [-0.05, 0) is 12.1 Å². The lowest BCUT2D eigenvalue weighted by atomic mass is 10.1. The molecule has 7 nitrogen and oxygen atoms in total. The van der Waals surface area contributed by atoms with E-state index in [1.54, 1.807) is 18.1 Å². The highest BCUT2D eigenvalue weighted by Crippen LogP contribution is 2.19. The molecule has 0 radical (unpaired) electrons. The first-order chi connectivity index (χ1) is 9.06. The highest BCUT2D eigenvalue weighted by Gasteiger charge is 2.14. The minimum absolute atomic E-state index is 0.108. The number of nitro benzene ring substituents is 1. The Morgan fingerprint density at radius 1 is 1.47 bits per heavy atom. The van der Waals surface area contributed by atoms with Gasteiger partial charge in [0, 0.05) is 25.2 Å². The molecule has 1 aromatic carbocycles. The standard InChI is InChI=1S/C11H12FN5O2/c1-16-7-14-11(15-16)6-13-5-8-4-9(12)2-3-10(8)17(18)19/h2-4,7,13H,5-6H2,1H3. The summed E-state index contributed by atoms with van der Waals surface area (Å²) in [5.74, 6) is 0.0694. The number of hydrogen-bond acceptors (Lipinski definition) is 5. The van der Waals surface area contributed by atoms with Crippen molar-refractivity contribution in [3.8, 4) is 0 Å². The van der Waals surface area contributed by atoms with Crippen LogP contribution in [-0.4, -0.2) is 19.7 Å². The zero-order valence-electron chi connectivity index (χ0n) is 10.2. The Kier molecular flexibility index (Phi) is 3.81. The van der Waals surface area contributed by atoms with E-state index in [1.165, 1.54) is 0 Å². The maximum atomic E-state index is 13.1. The van der Waals surface area contributed by atoms with Crippen molar-refractivity contribution < 1.29 is 9.31 Å². The second-order valence-electron chi connectivity index (χ2n) is 3.97. The Morgan fingerprint density at radius 3 is 2.89 bits per heavy atom. The Balaban J connectivity index is 2.02. The van der Waals surface area contributed by atoms with Crippen molar-refractivity contribution in [2.75, 3.05) is 0 Å². The van der Waals surface area contributed by atoms with Gasteiger partial charge in [-0.2, -0.15) is 5.10 Å². The molecule has 2 rings (SSSR count). The van der Waals surface area contributed by atoms with Crippen molar-refractivity contribution in [3.63, 3.8) is 0 Å². The summed E-state index contributed by atoms with van der Waals surface area (Å²) < 4.78 is 14.6. The van der Waals surface area contributed by atoms with E-state index in [0.29, 0.717) is 17.9 Å². The first kappa shape index (κ1) is 13.1. The number of halogens is 1. The van der Waals surface area contributed by atoms with E-state index >= 15 is 0 Å². The Labute approximate surface area is 108 Å². The smallest absolute Gasteiger partial charge is 0.274 e. The highest BCUT2D eigenvalue weighted by atomic mass is 19.1. The van der Waals surface area contributed by atoms with Crippen molar-refractivity contribution in [2.24, 2.45) is 7.05 Å². The molecular weight excluding hydrogens is 253 g/mol. The number of nitro groups is 1. The molecule has 0 aliphatic carbocycles. The molecule has 0 spiro atoms. The van der Waals surface area contributed by atoms with Crippen molar-refractivity contribution in [1.82, 2.24) is 20.1 Å². The topological polar surface area (TPSA) is 85.9 Å². The summed E-state index contributed by atoms with van der Waals surface area (Å²) >= 11 is 0. The van der Waals surface area contributed by atoms with E-state index in [1.807, 2.05) is 0 Å². The Bertz CT molecular complexity index is 599. The van der Waals surface area contributed by atoms with Crippen LogP contribution in [0.15, 0.2) is 24.5 Å². The van der Waals surface area contributed by atoms with Crippen molar-refractivity contribution in [2.45, 2.75) is 13.1 Å². The van der Waals surface area contributed by atoms with Crippen LogP contribution in [-0.2, 0) is 20.1 Å². The van der Waals surface area contributed by atoms with Crippen LogP contribution in [0.3, 0.4) is 0 Å². The average molecular weight is 265 g/mol.